The number of nitrogens with one attached hydrogen (secondary N) is 2. The van der Waals surface area contributed by atoms with Crippen LogP contribution in [0, 0.1) is 0 Å². The van der Waals surface area contributed by atoms with Crippen molar-refractivity contribution in [3.05, 3.63) is 65.7 Å². The van der Waals surface area contributed by atoms with Gasteiger partial charge in [0, 0.05) is 25.7 Å². The predicted octanol–water partition coefficient (Wildman–Crippen LogP) is 0.908. The van der Waals surface area contributed by atoms with Gasteiger partial charge in [0.25, 0.3) is 5.91 Å². The molecule has 0 radical (unpaired) electrons. The van der Waals surface area contributed by atoms with E-state index < -0.39 is 16.1 Å². The smallest absolute Gasteiger partial charge is 0.251 e. The molecule has 7 nitrogen and oxygen atoms in total. The van der Waals surface area contributed by atoms with Crippen molar-refractivity contribution in [3.63, 3.8) is 0 Å². The Kier molecular flexibility index (Phi) is 5.06. The minimum Gasteiger partial charge on any atom is -0.355 e. The third kappa shape index (κ3) is 3.33. The van der Waals surface area contributed by atoms with Gasteiger partial charge in [-0.25, -0.2) is 8.42 Å². The Bertz CT molecular complexity index is 911. The molecule has 0 unspecified atom stereocenters. The van der Waals surface area contributed by atoms with Gasteiger partial charge in [0.05, 0.1) is 4.90 Å². The summed E-state index contributed by atoms with van der Waals surface area (Å²) in [6.07, 6.45) is 0. The van der Waals surface area contributed by atoms with Crippen LogP contribution < -0.4 is 10.6 Å². The molecule has 0 spiro atoms. The van der Waals surface area contributed by atoms with Crippen LogP contribution in [0.3, 0.4) is 0 Å². The fourth-order valence-electron chi connectivity index (χ4n) is 2.92. The molecule has 1 saturated heterocycles. The van der Waals surface area contributed by atoms with Crippen molar-refractivity contribution in [2.45, 2.75) is 10.9 Å². The number of amides is 2. The van der Waals surface area contributed by atoms with Gasteiger partial charge in [0.2, 0.25) is 15.9 Å². The lowest BCUT2D eigenvalue weighted by Gasteiger charge is -2.34. The highest BCUT2D eigenvalue weighted by molar-refractivity contribution is 7.89. The third-order valence-electron chi connectivity index (χ3n) is 4.23. The van der Waals surface area contributed by atoms with Crippen molar-refractivity contribution in [2.24, 2.45) is 0 Å². The average Bonchev–Trinajstić information content (AvgIpc) is 2.68. The Labute approximate surface area is 152 Å². The van der Waals surface area contributed by atoms with Crippen molar-refractivity contribution in [1.29, 1.82) is 0 Å². The maximum atomic E-state index is 13.1. The molecule has 1 heterocycles. The molecule has 2 aromatic rings. The molecule has 8 heteroatoms. The molecular formula is C18H19N3O4S. The third-order valence-corrected chi connectivity index (χ3v) is 6.11. The molecule has 0 saturated carbocycles. The van der Waals surface area contributed by atoms with Crippen molar-refractivity contribution in [1.82, 2.24) is 14.9 Å². The Morgan fingerprint density at radius 1 is 1.12 bits per heavy atom. The average molecular weight is 373 g/mol. The Morgan fingerprint density at radius 2 is 1.77 bits per heavy atom. The van der Waals surface area contributed by atoms with E-state index in [2.05, 4.69) is 10.6 Å². The normalized spacial score (nSPS) is 18.2. The van der Waals surface area contributed by atoms with Crippen molar-refractivity contribution >= 4 is 21.8 Å². The molecule has 3 rings (SSSR count). The summed E-state index contributed by atoms with van der Waals surface area (Å²) in [5, 5.41) is 5.20. The zero-order valence-electron chi connectivity index (χ0n) is 14.2. The lowest BCUT2D eigenvalue weighted by Crippen LogP contribution is -2.52. The predicted molar refractivity (Wildman–Crippen MR) is 95.9 cm³/mol. The second kappa shape index (κ2) is 7.27. The largest absolute Gasteiger partial charge is 0.355 e. The van der Waals surface area contributed by atoms with Crippen molar-refractivity contribution in [3.8, 4) is 0 Å². The lowest BCUT2D eigenvalue weighted by atomic mass is 10.1. The van der Waals surface area contributed by atoms with E-state index in [-0.39, 0.29) is 29.8 Å². The van der Waals surface area contributed by atoms with E-state index in [4.69, 9.17) is 0 Å². The molecule has 0 aromatic heterocycles. The number of sulfonamides is 1. The Hall–Kier alpha value is -2.71. The van der Waals surface area contributed by atoms with E-state index in [9.17, 15) is 18.0 Å². The number of hydrogen-bond acceptors (Lipinski definition) is 4. The monoisotopic (exact) mass is 373 g/mol. The van der Waals surface area contributed by atoms with Gasteiger partial charge >= 0.3 is 0 Å². The van der Waals surface area contributed by atoms with Crippen LogP contribution in [0.25, 0.3) is 0 Å². The summed E-state index contributed by atoms with van der Waals surface area (Å²) in [6.45, 7) is 0.419. The molecule has 1 aliphatic heterocycles. The van der Waals surface area contributed by atoms with E-state index >= 15 is 0 Å². The number of rotatable bonds is 4. The molecule has 1 atom stereocenters. The fourth-order valence-corrected chi connectivity index (χ4v) is 4.49. The molecule has 26 heavy (non-hydrogen) atoms. The maximum Gasteiger partial charge on any atom is 0.251 e. The fraction of sp³-hybridized carbons (Fsp3) is 0.222. The van der Waals surface area contributed by atoms with Gasteiger partial charge in [0.15, 0.2) is 0 Å². The van der Waals surface area contributed by atoms with Crippen LogP contribution in [-0.2, 0) is 14.8 Å². The molecule has 0 aliphatic carbocycles. The van der Waals surface area contributed by atoms with Gasteiger partial charge in [-0.3, -0.25) is 9.59 Å². The second-order valence-electron chi connectivity index (χ2n) is 5.82. The van der Waals surface area contributed by atoms with Gasteiger partial charge in [-0.05, 0) is 29.8 Å². The van der Waals surface area contributed by atoms with Crippen molar-refractivity contribution < 1.29 is 18.0 Å². The molecule has 2 N–H and O–H groups in total. The zero-order chi connectivity index (χ0) is 18.7. The van der Waals surface area contributed by atoms with Crippen LogP contribution >= 0.6 is 0 Å². The summed E-state index contributed by atoms with van der Waals surface area (Å²) in [5.41, 5.74) is 0.970. The van der Waals surface area contributed by atoms with Crippen LogP contribution in [0.4, 0.5) is 0 Å². The highest BCUT2D eigenvalue weighted by atomic mass is 32.2. The molecule has 136 valence electrons. The Balaban J connectivity index is 1.98. The number of benzene rings is 2. The summed E-state index contributed by atoms with van der Waals surface area (Å²) in [6, 6.07) is 13.5. The summed E-state index contributed by atoms with van der Waals surface area (Å²) >= 11 is 0. The first-order chi connectivity index (χ1) is 12.4. The highest BCUT2D eigenvalue weighted by Crippen LogP contribution is 2.29. The molecule has 1 fully saturated rings. The maximum absolute atomic E-state index is 13.1. The minimum atomic E-state index is -3.90. The van der Waals surface area contributed by atoms with Gasteiger partial charge in [-0.15, -0.1) is 0 Å². The van der Waals surface area contributed by atoms with E-state index in [0.717, 1.165) is 0 Å². The number of nitrogens with zero attached hydrogens (tertiary/aromatic N) is 1. The van der Waals surface area contributed by atoms with E-state index in [1.54, 1.807) is 30.3 Å². The van der Waals surface area contributed by atoms with Crippen LogP contribution in [0.1, 0.15) is 22.0 Å². The number of carbonyl (C=O) groups is 2. The molecule has 2 amide bonds. The quantitative estimate of drug-likeness (QED) is 0.833. The first kappa shape index (κ1) is 18.1. The topological polar surface area (TPSA) is 95.6 Å². The summed E-state index contributed by atoms with van der Waals surface area (Å²) in [7, 11) is -2.40. The molecular weight excluding hydrogens is 354 g/mol. The highest BCUT2D eigenvalue weighted by Gasteiger charge is 2.39. The Morgan fingerprint density at radius 3 is 2.38 bits per heavy atom. The summed E-state index contributed by atoms with van der Waals surface area (Å²) in [5.74, 6) is -0.651. The van der Waals surface area contributed by atoms with Crippen LogP contribution in [-0.4, -0.2) is 44.7 Å². The summed E-state index contributed by atoms with van der Waals surface area (Å²) < 4.78 is 27.4. The second-order valence-corrected chi connectivity index (χ2v) is 7.71. The number of carbonyl (C=O) groups excluding carboxylic acids is 2. The summed E-state index contributed by atoms with van der Waals surface area (Å²) in [4.78, 5) is 24.1. The standard InChI is InChI=1S/C18H19N3O4S/c1-19-17(22)14-7-9-15(10-8-14)26(24,25)21-12-11-20-18(23)16(21)13-5-3-2-4-6-13/h2-10,16H,11-12H2,1H3,(H,19,22)(H,20,23)/t16-/m1/s1. The van der Waals surface area contributed by atoms with Crippen LogP contribution in [0.15, 0.2) is 59.5 Å². The van der Waals surface area contributed by atoms with Gasteiger partial charge in [0.1, 0.15) is 6.04 Å². The van der Waals surface area contributed by atoms with Crippen molar-refractivity contribution in [2.75, 3.05) is 20.1 Å². The van der Waals surface area contributed by atoms with Crippen LogP contribution in [0.5, 0.6) is 0 Å². The number of piperazine rings is 1. The zero-order valence-corrected chi connectivity index (χ0v) is 15.0. The first-order valence-corrected chi connectivity index (χ1v) is 9.56. The lowest BCUT2D eigenvalue weighted by molar-refractivity contribution is -0.126. The first-order valence-electron chi connectivity index (χ1n) is 8.12. The van der Waals surface area contributed by atoms with Gasteiger partial charge in [-0.1, -0.05) is 30.3 Å². The SMILES string of the molecule is CNC(=O)c1ccc(S(=O)(=O)N2CCNC(=O)[C@H]2c2ccccc2)cc1. The molecule has 0 bridgehead atoms. The van der Waals surface area contributed by atoms with Gasteiger partial charge < -0.3 is 10.6 Å². The molecule has 1 aliphatic rings. The minimum absolute atomic E-state index is 0.0424. The van der Waals surface area contributed by atoms with Crippen LogP contribution in [0.2, 0.25) is 0 Å². The van der Waals surface area contributed by atoms with Gasteiger partial charge in [-0.2, -0.15) is 4.31 Å². The van der Waals surface area contributed by atoms with E-state index in [0.29, 0.717) is 11.1 Å². The van der Waals surface area contributed by atoms with E-state index in [1.807, 2.05) is 0 Å². The molecule has 2 aromatic carbocycles. The number of hydrogen-bond donors (Lipinski definition) is 2. The van der Waals surface area contributed by atoms with E-state index in [1.165, 1.54) is 35.6 Å².